The molecule has 0 saturated carbocycles. The number of rotatable bonds is 8. The van der Waals surface area contributed by atoms with Crippen molar-refractivity contribution in [3.63, 3.8) is 0 Å². The topological polar surface area (TPSA) is 38.8 Å². The van der Waals surface area contributed by atoms with Gasteiger partial charge >= 0.3 is 0 Å². The minimum atomic E-state index is -0.113. The molecule has 1 fully saturated rings. The zero-order valence-electron chi connectivity index (χ0n) is 16.9. The van der Waals surface area contributed by atoms with Gasteiger partial charge in [-0.1, -0.05) is 67.3 Å². The Labute approximate surface area is 181 Å². The van der Waals surface area contributed by atoms with Crippen molar-refractivity contribution in [3.05, 3.63) is 64.6 Å². The number of benzene rings is 2. The van der Waals surface area contributed by atoms with E-state index in [4.69, 9.17) is 21.7 Å². The first kappa shape index (κ1) is 21.4. The maximum Gasteiger partial charge on any atom is 0.266 e. The van der Waals surface area contributed by atoms with Gasteiger partial charge in [-0.15, -0.1) is 0 Å². The van der Waals surface area contributed by atoms with Gasteiger partial charge in [-0.3, -0.25) is 9.69 Å². The van der Waals surface area contributed by atoms with E-state index < -0.39 is 0 Å². The first-order valence-electron chi connectivity index (χ1n) is 9.76. The molecule has 4 nitrogen and oxygen atoms in total. The van der Waals surface area contributed by atoms with E-state index in [0.717, 1.165) is 23.3 Å². The predicted octanol–water partition coefficient (Wildman–Crippen LogP) is 5.84. The average Bonchev–Trinajstić information content (AvgIpc) is 3.00. The highest BCUT2D eigenvalue weighted by Gasteiger charge is 2.35. The first-order chi connectivity index (χ1) is 14.0. The molecule has 3 rings (SSSR count). The van der Waals surface area contributed by atoms with E-state index in [-0.39, 0.29) is 11.9 Å². The molecule has 0 aromatic heterocycles. The Morgan fingerprint density at radius 1 is 1.10 bits per heavy atom. The summed E-state index contributed by atoms with van der Waals surface area (Å²) >= 11 is 6.84. The summed E-state index contributed by atoms with van der Waals surface area (Å²) in [5, 5.41) is 0. The number of carbonyl (C=O) groups excluding carboxylic acids is 1. The summed E-state index contributed by atoms with van der Waals surface area (Å²) in [5.74, 6) is 1.33. The van der Waals surface area contributed by atoms with Crippen molar-refractivity contribution < 1.29 is 14.3 Å². The average molecular weight is 428 g/mol. The zero-order valence-corrected chi connectivity index (χ0v) is 18.5. The van der Waals surface area contributed by atoms with Crippen molar-refractivity contribution in [2.75, 3.05) is 13.2 Å². The van der Waals surface area contributed by atoms with Gasteiger partial charge in [-0.05, 0) is 49.6 Å². The van der Waals surface area contributed by atoms with Crippen LogP contribution in [-0.4, -0.2) is 28.3 Å². The Bertz CT molecular complexity index is 912. The third kappa shape index (κ3) is 5.00. The van der Waals surface area contributed by atoms with Gasteiger partial charge in [0.2, 0.25) is 0 Å². The van der Waals surface area contributed by atoms with Gasteiger partial charge in [-0.25, -0.2) is 0 Å². The molecule has 0 aliphatic carbocycles. The SMILES string of the molecule is CCCOc1ccc(/C=C2\SC(=S)N([C@@H](C)c3ccccc3)C2=O)cc1OCC. The molecular formula is C23H25NO3S2. The van der Waals surface area contributed by atoms with Crippen LogP contribution in [-0.2, 0) is 4.79 Å². The standard InChI is InChI=1S/C23H25NO3S2/c1-4-13-27-19-12-11-17(14-20(19)26-5-2)15-21-22(25)24(23(28)29-21)16(3)18-9-7-6-8-10-18/h6-12,14-16H,4-5,13H2,1-3H3/b21-15-/t16-/m0/s1. The molecule has 0 radical (unpaired) electrons. The monoisotopic (exact) mass is 427 g/mol. The molecule has 1 heterocycles. The highest BCUT2D eigenvalue weighted by molar-refractivity contribution is 8.26. The molecule has 1 atom stereocenters. The summed E-state index contributed by atoms with van der Waals surface area (Å²) in [7, 11) is 0. The number of thiocarbonyl (C=S) groups is 1. The molecule has 1 amide bonds. The quantitative estimate of drug-likeness (QED) is 0.391. The van der Waals surface area contributed by atoms with Crippen LogP contribution in [0.3, 0.4) is 0 Å². The van der Waals surface area contributed by atoms with Gasteiger partial charge in [-0.2, -0.15) is 0 Å². The van der Waals surface area contributed by atoms with Crippen LogP contribution in [0.1, 0.15) is 44.4 Å². The summed E-state index contributed by atoms with van der Waals surface area (Å²) in [6.07, 6.45) is 2.79. The first-order valence-corrected chi connectivity index (χ1v) is 11.0. The molecule has 1 saturated heterocycles. The Hall–Kier alpha value is -2.31. The van der Waals surface area contributed by atoms with Crippen LogP contribution in [0.5, 0.6) is 11.5 Å². The van der Waals surface area contributed by atoms with E-state index in [0.29, 0.717) is 28.2 Å². The maximum absolute atomic E-state index is 13.0. The third-order valence-electron chi connectivity index (χ3n) is 4.52. The summed E-state index contributed by atoms with van der Waals surface area (Å²) in [6, 6.07) is 15.5. The fraction of sp³-hybridized carbons (Fsp3) is 0.304. The maximum atomic E-state index is 13.0. The van der Waals surface area contributed by atoms with E-state index in [9.17, 15) is 4.79 Å². The molecule has 1 aliphatic rings. The van der Waals surface area contributed by atoms with E-state index >= 15 is 0 Å². The lowest BCUT2D eigenvalue weighted by atomic mass is 10.1. The van der Waals surface area contributed by atoms with Gasteiger partial charge in [0.25, 0.3) is 5.91 Å². The molecule has 6 heteroatoms. The smallest absolute Gasteiger partial charge is 0.266 e. The minimum Gasteiger partial charge on any atom is -0.490 e. The third-order valence-corrected chi connectivity index (χ3v) is 5.85. The number of amides is 1. The lowest BCUT2D eigenvalue weighted by molar-refractivity contribution is -0.123. The summed E-state index contributed by atoms with van der Waals surface area (Å²) in [4.78, 5) is 15.3. The molecule has 2 aromatic rings. The summed E-state index contributed by atoms with van der Waals surface area (Å²) in [6.45, 7) is 7.17. The van der Waals surface area contributed by atoms with Crippen LogP contribution in [0.4, 0.5) is 0 Å². The number of hydrogen-bond acceptors (Lipinski definition) is 5. The predicted molar refractivity (Wildman–Crippen MR) is 123 cm³/mol. The van der Waals surface area contributed by atoms with Crippen LogP contribution in [0.2, 0.25) is 0 Å². The molecule has 0 unspecified atom stereocenters. The van der Waals surface area contributed by atoms with Crippen LogP contribution in [0.25, 0.3) is 6.08 Å². The lowest BCUT2D eigenvalue weighted by Crippen LogP contribution is -2.30. The highest BCUT2D eigenvalue weighted by atomic mass is 32.2. The summed E-state index contributed by atoms with van der Waals surface area (Å²) < 4.78 is 12.0. The van der Waals surface area contributed by atoms with Gasteiger partial charge in [0, 0.05) is 0 Å². The van der Waals surface area contributed by atoms with Crippen molar-refractivity contribution in [1.29, 1.82) is 0 Å². The van der Waals surface area contributed by atoms with Gasteiger partial charge in [0.1, 0.15) is 4.32 Å². The molecule has 2 aromatic carbocycles. The van der Waals surface area contributed by atoms with Crippen LogP contribution < -0.4 is 9.47 Å². The van der Waals surface area contributed by atoms with E-state index in [1.807, 2.05) is 68.5 Å². The van der Waals surface area contributed by atoms with Gasteiger partial charge in [0.05, 0.1) is 24.2 Å². The van der Waals surface area contributed by atoms with Crippen molar-refractivity contribution >= 4 is 40.3 Å². The highest BCUT2D eigenvalue weighted by Crippen LogP contribution is 2.39. The fourth-order valence-electron chi connectivity index (χ4n) is 3.06. The molecule has 0 N–H and O–H groups in total. The van der Waals surface area contributed by atoms with Crippen molar-refractivity contribution in [1.82, 2.24) is 4.90 Å². The number of thioether (sulfide) groups is 1. The molecule has 152 valence electrons. The fourth-order valence-corrected chi connectivity index (χ4v) is 4.48. The molecule has 0 spiro atoms. The number of hydrogen-bond donors (Lipinski definition) is 0. The van der Waals surface area contributed by atoms with E-state index in [1.54, 1.807) is 4.90 Å². The van der Waals surface area contributed by atoms with Crippen molar-refractivity contribution in [3.8, 4) is 11.5 Å². The van der Waals surface area contributed by atoms with E-state index in [1.165, 1.54) is 11.8 Å². The van der Waals surface area contributed by atoms with Crippen LogP contribution in [0.15, 0.2) is 53.4 Å². The molecule has 1 aliphatic heterocycles. The number of ether oxygens (including phenoxy) is 2. The summed E-state index contributed by atoms with van der Waals surface area (Å²) in [5.41, 5.74) is 1.94. The second kappa shape index (κ2) is 9.94. The zero-order chi connectivity index (χ0) is 20.8. The number of carbonyl (C=O) groups is 1. The normalized spacial score (nSPS) is 16.4. The Balaban J connectivity index is 1.84. The lowest BCUT2D eigenvalue weighted by Gasteiger charge is -2.23. The van der Waals surface area contributed by atoms with Crippen molar-refractivity contribution in [2.24, 2.45) is 0 Å². The molecular weight excluding hydrogens is 402 g/mol. The Kier molecular flexibility index (Phi) is 7.34. The second-order valence-electron chi connectivity index (χ2n) is 6.63. The Morgan fingerprint density at radius 3 is 2.55 bits per heavy atom. The number of nitrogens with zero attached hydrogens (tertiary/aromatic N) is 1. The van der Waals surface area contributed by atoms with Crippen molar-refractivity contribution in [2.45, 2.75) is 33.2 Å². The van der Waals surface area contributed by atoms with Crippen LogP contribution >= 0.6 is 24.0 Å². The molecule has 29 heavy (non-hydrogen) atoms. The van der Waals surface area contributed by atoms with Gasteiger partial charge < -0.3 is 9.47 Å². The van der Waals surface area contributed by atoms with Gasteiger partial charge in [0.15, 0.2) is 11.5 Å². The second-order valence-corrected chi connectivity index (χ2v) is 8.30. The Morgan fingerprint density at radius 2 is 1.86 bits per heavy atom. The molecule has 0 bridgehead atoms. The minimum absolute atomic E-state index is 0.0689. The van der Waals surface area contributed by atoms with E-state index in [2.05, 4.69) is 6.92 Å². The van der Waals surface area contributed by atoms with Crippen LogP contribution in [0, 0.1) is 0 Å². The largest absolute Gasteiger partial charge is 0.490 e.